The zero-order valence-corrected chi connectivity index (χ0v) is 19.3. The van der Waals surface area contributed by atoms with Crippen molar-refractivity contribution in [3.63, 3.8) is 0 Å². The Balaban J connectivity index is 1.62. The molecule has 0 amide bonds. The molecule has 6 aromatic rings. The first-order valence-electron chi connectivity index (χ1n) is 11.9. The number of anilines is 3. The zero-order chi connectivity index (χ0) is 24.1. The second-order valence-corrected chi connectivity index (χ2v) is 8.88. The quantitative estimate of drug-likeness (QED) is 0.241. The third-order valence-corrected chi connectivity index (χ3v) is 6.86. The maximum atomic E-state index is 9.32. The highest BCUT2D eigenvalue weighted by atomic mass is 16.5. The van der Waals surface area contributed by atoms with E-state index >= 15 is 0 Å². The molecule has 0 saturated heterocycles. The minimum Gasteiger partial charge on any atom is -0.453 e. The van der Waals surface area contributed by atoms with Crippen molar-refractivity contribution in [2.45, 2.75) is 0 Å². The molecule has 0 fully saturated rings. The van der Waals surface area contributed by atoms with Crippen molar-refractivity contribution in [1.29, 1.82) is 5.26 Å². The van der Waals surface area contributed by atoms with Gasteiger partial charge in [0.05, 0.1) is 28.7 Å². The van der Waals surface area contributed by atoms with Crippen molar-refractivity contribution in [2.24, 2.45) is 0 Å². The molecule has 3 nitrogen and oxygen atoms in total. The van der Waals surface area contributed by atoms with Gasteiger partial charge in [0.2, 0.25) is 0 Å². The highest BCUT2D eigenvalue weighted by Gasteiger charge is 2.28. The van der Waals surface area contributed by atoms with Crippen molar-refractivity contribution in [3.8, 4) is 28.7 Å². The largest absolute Gasteiger partial charge is 0.453 e. The van der Waals surface area contributed by atoms with E-state index in [1.165, 1.54) is 5.56 Å². The van der Waals surface area contributed by atoms with E-state index in [1.807, 2.05) is 48.5 Å². The van der Waals surface area contributed by atoms with Crippen molar-refractivity contribution in [2.75, 3.05) is 4.90 Å². The fraction of sp³-hybridized carbons (Fsp3) is 0. The van der Waals surface area contributed by atoms with E-state index in [0.717, 1.165) is 55.7 Å². The van der Waals surface area contributed by atoms with Gasteiger partial charge in [0, 0.05) is 10.8 Å². The Morgan fingerprint density at radius 2 is 1.00 bits per heavy atom. The summed E-state index contributed by atoms with van der Waals surface area (Å²) in [6.07, 6.45) is 0. The summed E-state index contributed by atoms with van der Waals surface area (Å²) in [6.45, 7) is 0. The molecule has 7 rings (SSSR count). The van der Waals surface area contributed by atoms with Crippen molar-refractivity contribution in [1.82, 2.24) is 0 Å². The van der Waals surface area contributed by atoms with Crippen LogP contribution in [-0.2, 0) is 0 Å². The first-order chi connectivity index (χ1) is 17.8. The molecule has 0 spiro atoms. The van der Waals surface area contributed by atoms with Gasteiger partial charge in [-0.1, -0.05) is 84.9 Å². The van der Waals surface area contributed by atoms with Crippen LogP contribution >= 0.6 is 0 Å². The predicted octanol–water partition coefficient (Wildman–Crippen LogP) is 9.11. The molecular formula is C33H20N2O. The van der Waals surface area contributed by atoms with E-state index in [2.05, 4.69) is 83.8 Å². The van der Waals surface area contributed by atoms with Gasteiger partial charge in [0.1, 0.15) is 0 Å². The molecule has 1 heterocycles. The van der Waals surface area contributed by atoms with Gasteiger partial charge in [-0.3, -0.25) is 0 Å². The lowest BCUT2D eigenvalue weighted by molar-refractivity contribution is 0.477. The lowest BCUT2D eigenvalue weighted by Gasteiger charge is -2.34. The fourth-order valence-electron chi connectivity index (χ4n) is 5.31. The summed E-state index contributed by atoms with van der Waals surface area (Å²) in [5.41, 5.74) is 6.07. The number of hydrogen-bond donors (Lipinski definition) is 0. The van der Waals surface area contributed by atoms with Gasteiger partial charge in [-0.05, 0) is 58.3 Å². The number of hydrogen-bond acceptors (Lipinski definition) is 3. The second-order valence-electron chi connectivity index (χ2n) is 8.88. The molecule has 0 unspecified atom stereocenters. The molecular weight excluding hydrogens is 440 g/mol. The SMILES string of the molecule is N#Cc1ccc(-c2c3ccccc3c(N3c4ccccc4Oc4ccccc43)c3ccccc23)cc1. The topological polar surface area (TPSA) is 36.3 Å². The molecule has 1 aliphatic heterocycles. The maximum absolute atomic E-state index is 9.32. The minimum absolute atomic E-state index is 0.658. The van der Waals surface area contributed by atoms with Gasteiger partial charge in [-0.2, -0.15) is 5.26 Å². The Kier molecular flexibility index (Phi) is 4.52. The number of nitrogens with zero attached hydrogens (tertiary/aromatic N) is 2. The van der Waals surface area contributed by atoms with Gasteiger partial charge in [-0.25, -0.2) is 0 Å². The molecule has 0 saturated carbocycles. The molecule has 0 aromatic heterocycles. The molecule has 1 aliphatic rings. The van der Waals surface area contributed by atoms with Crippen molar-refractivity contribution >= 4 is 38.6 Å². The van der Waals surface area contributed by atoms with Crippen molar-refractivity contribution in [3.05, 3.63) is 127 Å². The van der Waals surface area contributed by atoms with Crippen LogP contribution in [-0.4, -0.2) is 0 Å². The lowest BCUT2D eigenvalue weighted by Crippen LogP contribution is -2.16. The molecule has 0 aliphatic carbocycles. The highest BCUT2D eigenvalue weighted by Crippen LogP contribution is 2.54. The second kappa shape index (κ2) is 8.01. The van der Waals surface area contributed by atoms with Gasteiger partial charge >= 0.3 is 0 Å². The Bertz CT molecular complexity index is 1730. The zero-order valence-electron chi connectivity index (χ0n) is 19.3. The van der Waals surface area contributed by atoms with E-state index in [1.54, 1.807) is 0 Å². The van der Waals surface area contributed by atoms with E-state index in [0.29, 0.717) is 5.56 Å². The average Bonchev–Trinajstić information content (AvgIpc) is 2.95. The van der Waals surface area contributed by atoms with Crippen LogP contribution in [0.25, 0.3) is 32.7 Å². The number of rotatable bonds is 2. The van der Waals surface area contributed by atoms with E-state index < -0.39 is 0 Å². The number of nitriles is 1. The smallest absolute Gasteiger partial charge is 0.151 e. The third kappa shape index (κ3) is 2.99. The number of fused-ring (bicyclic) bond motifs is 4. The Hall–Kier alpha value is -5.07. The summed E-state index contributed by atoms with van der Waals surface area (Å²) in [4.78, 5) is 2.33. The van der Waals surface area contributed by atoms with E-state index in [-0.39, 0.29) is 0 Å². The van der Waals surface area contributed by atoms with E-state index in [4.69, 9.17) is 4.74 Å². The average molecular weight is 461 g/mol. The van der Waals surface area contributed by atoms with Crippen LogP contribution in [0.3, 0.4) is 0 Å². The lowest BCUT2D eigenvalue weighted by atomic mass is 9.89. The molecule has 168 valence electrons. The van der Waals surface area contributed by atoms with Gasteiger partial charge in [0.25, 0.3) is 0 Å². The Morgan fingerprint density at radius 1 is 0.528 bits per heavy atom. The summed E-state index contributed by atoms with van der Waals surface area (Å²) in [5.74, 6) is 1.67. The molecule has 0 bridgehead atoms. The first-order valence-corrected chi connectivity index (χ1v) is 11.9. The molecule has 6 aromatic carbocycles. The highest BCUT2D eigenvalue weighted by molar-refractivity contribution is 6.22. The maximum Gasteiger partial charge on any atom is 0.151 e. The van der Waals surface area contributed by atoms with E-state index in [9.17, 15) is 5.26 Å². The molecule has 3 heteroatoms. The van der Waals surface area contributed by atoms with Gasteiger partial charge in [0.15, 0.2) is 11.5 Å². The van der Waals surface area contributed by atoms with Crippen LogP contribution in [0, 0.1) is 11.3 Å². The Labute approximate surface area is 209 Å². The number of para-hydroxylation sites is 4. The monoisotopic (exact) mass is 460 g/mol. The Morgan fingerprint density at radius 3 is 1.53 bits per heavy atom. The molecule has 36 heavy (non-hydrogen) atoms. The predicted molar refractivity (Wildman–Crippen MR) is 146 cm³/mol. The molecule has 0 radical (unpaired) electrons. The van der Waals surface area contributed by atoms with Crippen LogP contribution in [0.2, 0.25) is 0 Å². The summed E-state index contributed by atoms with van der Waals surface area (Å²) >= 11 is 0. The minimum atomic E-state index is 0.658. The normalized spacial score (nSPS) is 12.0. The van der Waals surface area contributed by atoms with Gasteiger partial charge in [-0.15, -0.1) is 0 Å². The molecule has 0 atom stereocenters. The van der Waals surface area contributed by atoms with Crippen LogP contribution < -0.4 is 9.64 Å². The fourth-order valence-corrected chi connectivity index (χ4v) is 5.31. The third-order valence-electron chi connectivity index (χ3n) is 6.86. The van der Waals surface area contributed by atoms with Crippen LogP contribution in [0.15, 0.2) is 121 Å². The standard InChI is InChI=1S/C33H20N2O/c34-21-22-17-19-23(20-18-22)32-24-9-1-3-11-26(24)33(27-12-4-2-10-25(27)32)35-28-13-5-7-15-30(28)36-31-16-8-6-14-29(31)35/h1-20H. The summed E-state index contributed by atoms with van der Waals surface area (Å²) < 4.78 is 6.30. The van der Waals surface area contributed by atoms with Crippen molar-refractivity contribution < 1.29 is 4.74 Å². The summed E-state index contributed by atoms with van der Waals surface area (Å²) in [6, 6.07) is 43.7. The summed E-state index contributed by atoms with van der Waals surface area (Å²) in [7, 11) is 0. The number of benzene rings is 6. The summed E-state index contributed by atoms with van der Waals surface area (Å²) in [5, 5.41) is 14.0. The van der Waals surface area contributed by atoms with Gasteiger partial charge < -0.3 is 9.64 Å². The number of ether oxygens (including phenoxy) is 1. The first kappa shape index (κ1) is 20.3. The van der Waals surface area contributed by atoms with Crippen LogP contribution in [0.1, 0.15) is 5.56 Å². The molecule has 0 N–H and O–H groups in total. The van der Waals surface area contributed by atoms with Crippen LogP contribution in [0.4, 0.5) is 17.1 Å². The van der Waals surface area contributed by atoms with Crippen LogP contribution in [0.5, 0.6) is 11.5 Å².